The van der Waals surface area contributed by atoms with E-state index in [4.69, 9.17) is 5.73 Å². The third-order valence-electron chi connectivity index (χ3n) is 3.37. The fourth-order valence-corrected chi connectivity index (χ4v) is 2.64. The van der Waals surface area contributed by atoms with Crippen molar-refractivity contribution in [1.29, 1.82) is 0 Å². The quantitative estimate of drug-likeness (QED) is 0.794. The fraction of sp³-hybridized carbons (Fsp3) is 0.778. The summed E-state index contributed by atoms with van der Waals surface area (Å²) in [6, 6.07) is 0. The van der Waals surface area contributed by atoms with Gasteiger partial charge in [-0.1, -0.05) is 0 Å². The third-order valence-corrected chi connectivity index (χ3v) is 4.06. The number of aromatic nitrogens is 2. The molecular weight excluding hydrogens is 196 g/mol. The molecule has 2 aliphatic carbocycles. The molecule has 0 radical (unpaired) electrons. The highest BCUT2D eigenvalue weighted by atomic mass is 32.1. The maximum atomic E-state index is 5.45. The minimum absolute atomic E-state index is 0.383. The SMILES string of the molecule is Nc1nsc(NCC2(C3CC3)CC2)n1. The molecule has 0 amide bonds. The lowest BCUT2D eigenvalue weighted by atomic mass is 10.0. The number of nitrogens with zero attached hydrogens (tertiary/aromatic N) is 2. The molecule has 4 nitrogen and oxygen atoms in total. The van der Waals surface area contributed by atoms with E-state index in [1.54, 1.807) is 0 Å². The highest BCUT2D eigenvalue weighted by molar-refractivity contribution is 7.09. The highest BCUT2D eigenvalue weighted by Crippen LogP contribution is 2.61. The van der Waals surface area contributed by atoms with Crippen molar-refractivity contribution in [3.63, 3.8) is 0 Å². The van der Waals surface area contributed by atoms with Gasteiger partial charge in [0.2, 0.25) is 11.1 Å². The van der Waals surface area contributed by atoms with Crippen LogP contribution in [-0.2, 0) is 0 Å². The van der Waals surface area contributed by atoms with Crippen LogP contribution in [0.1, 0.15) is 25.7 Å². The lowest BCUT2D eigenvalue weighted by Gasteiger charge is -2.13. The van der Waals surface area contributed by atoms with Crippen LogP contribution in [0.15, 0.2) is 0 Å². The highest BCUT2D eigenvalue weighted by Gasteiger charge is 2.53. The molecule has 0 aromatic carbocycles. The number of rotatable bonds is 4. The predicted molar refractivity (Wildman–Crippen MR) is 57.2 cm³/mol. The number of hydrogen-bond donors (Lipinski definition) is 2. The lowest BCUT2D eigenvalue weighted by molar-refractivity contribution is 0.467. The summed E-state index contributed by atoms with van der Waals surface area (Å²) in [4.78, 5) is 4.10. The van der Waals surface area contributed by atoms with Gasteiger partial charge in [-0.05, 0) is 37.0 Å². The molecule has 0 saturated heterocycles. The maximum Gasteiger partial charge on any atom is 0.233 e. The van der Waals surface area contributed by atoms with Crippen molar-refractivity contribution in [3.8, 4) is 0 Å². The van der Waals surface area contributed by atoms with E-state index < -0.39 is 0 Å². The van der Waals surface area contributed by atoms with Crippen molar-refractivity contribution >= 4 is 22.6 Å². The second kappa shape index (κ2) is 2.82. The molecular formula is C9H14N4S. The van der Waals surface area contributed by atoms with Crippen LogP contribution in [0.25, 0.3) is 0 Å². The molecule has 1 heterocycles. The topological polar surface area (TPSA) is 63.8 Å². The van der Waals surface area contributed by atoms with Gasteiger partial charge in [0, 0.05) is 18.1 Å². The summed E-state index contributed by atoms with van der Waals surface area (Å²) in [7, 11) is 0. The Balaban J connectivity index is 1.59. The summed E-state index contributed by atoms with van der Waals surface area (Å²) in [6.45, 7) is 1.06. The van der Waals surface area contributed by atoms with Crippen LogP contribution in [0.5, 0.6) is 0 Å². The summed E-state index contributed by atoms with van der Waals surface area (Å²) in [5, 5.41) is 4.22. The van der Waals surface area contributed by atoms with Gasteiger partial charge >= 0.3 is 0 Å². The molecule has 3 rings (SSSR count). The second-order valence-corrected chi connectivity index (χ2v) is 5.20. The second-order valence-electron chi connectivity index (χ2n) is 4.45. The summed E-state index contributed by atoms with van der Waals surface area (Å²) >= 11 is 1.35. The summed E-state index contributed by atoms with van der Waals surface area (Å²) in [5.74, 6) is 1.37. The first-order chi connectivity index (χ1) is 6.78. The minimum Gasteiger partial charge on any atom is -0.367 e. The molecule has 1 aromatic heterocycles. The first kappa shape index (κ1) is 8.47. The number of hydrogen-bond acceptors (Lipinski definition) is 5. The van der Waals surface area contributed by atoms with Crippen molar-refractivity contribution in [1.82, 2.24) is 9.36 Å². The zero-order valence-corrected chi connectivity index (χ0v) is 8.81. The van der Waals surface area contributed by atoms with E-state index in [9.17, 15) is 0 Å². The van der Waals surface area contributed by atoms with Gasteiger partial charge in [0.25, 0.3) is 0 Å². The van der Waals surface area contributed by atoms with Gasteiger partial charge in [-0.25, -0.2) is 0 Å². The van der Waals surface area contributed by atoms with Crippen molar-refractivity contribution in [2.75, 3.05) is 17.6 Å². The molecule has 0 spiro atoms. The van der Waals surface area contributed by atoms with Gasteiger partial charge in [0.05, 0.1) is 0 Å². The average molecular weight is 210 g/mol. The number of nitrogen functional groups attached to an aromatic ring is 1. The van der Waals surface area contributed by atoms with Crippen molar-refractivity contribution < 1.29 is 0 Å². The lowest BCUT2D eigenvalue weighted by Crippen LogP contribution is -2.17. The van der Waals surface area contributed by atoms with Crippen molar-refractivity contribution in [2.24, 2.45) is 11.3 Å². The zero-order chi connectivity index (χ0) is 9.60. The van der Waals surface area contributed by atoms with Crippen LogP contribution in [-0.4, -0.2) is 15.9 Å². The van der Waals surface area contributed by atoms with Crippen LogP contribution in [0.3, 0.4) is 0 Å². The Morgan fingerprint density at radius 3 is 2.79 bits per heavy atom. The third kappa shape index (κ3) is 1.45. The fourth-order valence-electron chi connectivity index (χ4n) is 2.14. The Morgan fingerprint density at radius 2 is 2.29 bits per heavy atom. The molecule has 5 heteroatoms. The Hall–Kier alpha value is -0.840. The van der Waals surface area contributed by atoms with Crippen molar-refractivity contribution in [2.45, 2.75) is 25.7 Å². The zero-order valence-electron chi connectivity index (χ0n) is 7.99. The predicted octanol–water partition coefficient (Wildman–Crippen LogP) is 1.72. The maximum absolute atomic E-state index is 5.45. The molecule has 2 saturated carbocycles. The van der Waals surface area contributed by atoms with E-state index in [-0.39, 0.29) is 0 Å². The van der Waals surface area contributed by atoms with E-state index >= 15 is 0 Å². The number of anilines is 2. The molecule has 76 valence electrons. The van der Waals surface area contributed by atoms with Crippen LogP contribution in [0.2, 0.25) is 0 Å². The first-order valence-corrected chi connectivity index (χ1v) is 5.89. The molecule has 1 aromatic rings. The molecule has 0 atom stereocenters. The number of nitrogens with two attached hydrogens (primary N) is 1. The van der Waals surface area contributed by atoms with Crippen molar-refractivity contribution in [3.05, 3.63) is 0 Å². The van der Waals surface area contributed by atoms with Gasteiger partial charge in [-0.2, -0.15) is 9.36 Å². The smallest absolute Gasteiger partial charge is 0.233 e. The van der Waals surface area contributed by atoms with Gasteiger partial charge in [0.15, 0.2) is 0 Å². The van der Waals surface area contributed by atoms with Crippen LogP contribution in [0.4, 0.5) is 11.1 Å². The standard InChI is InChI=1S/C9H14N4S/c10-7-12-8(14-13-7)11-5-9(3-4-9)6-1-2-6/h6H,1-5H2,(H3,10,11,12,13). The molecule has 0 aliphatic heterocycles. The average Bonchev–Trinajstić information content (AvgIpc) is 3.03. The molecule has 14 heavy (non-hydrogen) atoms. The largest absolute Gasteiger partial charge is 0.367 e. The minimum atomic E-state index is 0.383. The Kier molecular flexibility index (Phi) is 1.71. The summed E-state index contributed by atoms with van der Waals surface area (Å²) < 4.78 is 3.94. The van der Waals surface area contributed by atoms with Gasteiger partial charge in [-0.15, -0.1) is 0 Å². The monoisotopic (exact) mass is 210 g/mol. The van der Waals surface area contributed by atoms with E-state index in [1.807, 2.05) is 0 Å². The Morgan fingerprint density at radius 1 is 1.50 bits per heavy atom. The molecule has 2 aliphatic rings. The van der Waals surface area contributed by atoms with Crippen LogP contribution < -0.4 is 11.1 Å². The van der Waals surface area contributed by atoms with Gasteiger partial charge in [-0.3, -0.25) is 0 Å². The molecule has 0 bridgehead atoms. The Bertz CT molecular complexity index is 340. The number of nitrogens with one attached hydrogen (secondary N) is 1. The first-order valence-electron chi connectivity index (χ1n) is 5.12. The summed E-state index contributed by atoms with van der Waals surface area (Å²) in [6.07, 6.45) is 5.64. The van der Waals surface area contributed by atoms with Crippen LogP contribution in [0, 0.1) is 11.3 Å². The Labute approximate surface area is 87.1 Å². The van der Waals surface area contributed by atoms with E-state index in [1.165, 1.54) is 37.2 Å². The normalized spacial score (nSPS) is 23.4. The van der Waals surface area contributed by atoms with Gasteiger partial charge < -0.3 is 11.1 Å². The van der Waals surface area contributed by atoms with Crippen LogP contribution >= 0.6 is 11.5 Å². The van der Waals surface area contributed by atoms with E-state index in [2.05, 4.69) is 14.7 Å². The summed E-state index contributed by atoms with van der Waals surface area (Å²) in [5.41, 5.74) is 6.07. The molecule has 0 unspecified atom stereocenters. The van der Waals surface area contributed by atoms with Gasteiger partial charge in [0.1, 0.15) is 0 Å². The van der Waals surface area contributed by atoms with E-state index in [0.29, 0.717) is 11.4 Å². The van der Waals surface area contributed by atoms with E-state index in [0.717, 1.165) is 17.6 Å². The molecule has 3 N–H and O–H groups in total. The molecule has 2 fully saturated rings.